The van der Waals surface area contributed by atoms with Gasteiger partial charge in [-0.1, -0.05) is 37.4 Å². The molecule has 0 aliphatic rings. The average Bonchev–Trinajstić information content (AvgIpc) is 2.29. The number of halogens is 1. The van der Waals surface area contributed by atoms with Gasteiger partial charge in [-0.25, -0.2) is 0 Å². The van der Waals surface area contributed by atoms with Gasteiger partial charge in [0.2, 0.25) is 0 Å². The Kier molecular flexibility index (Phi) is 6.93. The topological polar surface area (TPSA) is 12.0 Å². The monoisotopic (exact) mass is 257 g/mol. The molecule has 0 bridgehead atoms. The maximum Gasteiger partial charge on any atom is 0.0462 e. The lowest BCUT2D eigenvalue weighted by atomic mass is 10.2. The molecule has 1 aromatic rings. The number of nitrogens with one attached hydrogen (secondary N) is 1. The first kappa shape index (κ1) is 13.9. The molecule has 1 rings (SSSR count). The maximum absolute atomic E-state index is 6.19. The summed E-state index contributed by atoms with van der Waals surface area (Å²) in [6.07, 6.45) is 3.88. The van der Waals surface area contributed by atoms with Crippen molar-refractivity contribution in [1.82, 2.24) is 5.32 Å². The zero-order valence-electron chi connectivity index (χ0n) is 10.1. The second kappa shape index (κ2) is 7.99. The molecule has 0 heterocycles. The standard InChI is InChI=1S/C13H20ClNS/c1-3-4-5-9-16-13-8-6-7-12(14)11(13)10-15-2/h6-8,15H,3-5,9-10H2,1-2H3. The summed E-state index contributed by atoms with van der Waals surface area (Å²) in [6.45, 7) is 3.08. The van der Waals surface area contributed by atoms with Gasteiger partial charge in [-0.2, -0.15) is 0 Å². The fourth-order valence-electron chi connectivity index (χ4n) is 1.56. The molecule has 16 heavy (non-hydrogen) atoms. The summed E-state index contributed by atoms with van der Waals surface area (Å²) >= 11 is 8.11. The van der Waals surface area contributed by atoms with Crippen molar-refractivity contribution in [3.63, 3.8) is 0 Å². The fraction of sp³-hybridized carbons (Fsp3) is 0.538. The highest BCUT2D eigenvalue weighted by Crippen LogP contribution is 2.29. The summed E-state index contributed by atoms with van der Waals surface area (Å²) < 4.78 is 0. The first-order valence-electron chi connectivity index (χ1n) is 5.84. The maximum atomic E-state index is 6.19. The minimum Gasteiger partial charge on any atom is -0.316 e. The van der Waals surface area contributed by atoms with Crippen LogP contribution in [0.1, 0.15) is 31.7 Å². The van der Waals surface area contributed by atoms with Crippen LogP contribution < -0.4 is 5.32 Å². The average molecular weight is 258 g/mol. The van der Waals surface area contributed by atoms with Gasteiger partial charge in [0.25, 0.3) is 0 Å². The Morgan fingerprint density at radius 1 is 1.31 bits per heavy atom. The number of hydrogen-bond acceptors (Lipinski definition) is 2. The second-order valence-electron chi connectivity index (χ2n) is 3.80. The SMILES string of the molecule is CCCCCSc1cccc(Cl)c1CNC. The Morgan fingerprint density at radius 3 is 2.81 bits per heavy atom. The fourth-order valence-corrected chi connectivity index (χ4v) is 2.95. The first-order chi connectivity index (χ1) is 7.79. The molecule has 0 aliphatic heterocycles. The highest BCUT2D eigenvalue weighted by Gasteiger charge is 2.06. The van der Waals surface area contributed by atoms with Crippen LogP contribution in [0.15, 0.2) is 23.1 Å². The number of hydrogen-bond donors (Lipinski definition) is 1. The minimum atomic E-state index is 0.843. The molecular formula is C13H20ClNS. The molecule has 0 spiro atoms. The Labute approximate surface area is 108 Å². The number of unbranched alkanes of at least 4 members (excludes halogenated alkanes) is 2. The zero-order valence-corrected chi connectivity index (χ0v) is 11.6. The first-order valence-corrected chi connectivity index (χ1v) is 7.20. The number of benzene rings is 1. The van der Waals surface area contributed by atoms with Crippen LogP contribution in [-0.4, -0.2) is 12.8 Å². The predicted octanol–water partition coefficient (Wildman–Crippen LogP) is 4.34. The Bertz CT molecular complexity index is 315. The van der Waals surface area contributed by atoms with Crippen LogP contribution in [0.25, 0.3) is 0 Å². The molecule has 3 heteroatoms. The normalized spacial score (nSPS) is 10.7. The molecule has 0 amide bonds. The van der Waals surface area contributed by atoms with Crippen molar-refractivity contribution >= 4 is 23.4 Å². The quantitative estimate of drug-likeness (QED) is 0.576. The molecule has 0 saturated carbocycles. The van der Waals surface area contributed by atoms with Crippen LogP contribution in [0, 0.1) is 0 Å². The smallest absolute Gasteiger partial charge is 0.0462 e. The second-order valence-corrected chi connectivity index (χ2v) is 5.35. The molecule has 0 radical (unpaired) electrons. The van der Waals surface area contributed by atoms with E-state index >= 15 is 0 Å². The minimum absolute atomic E-state index is 0.843. The van der Waals surface area contributed by atoms with E-state index in [1.54, 1.807) is 0 Å². The molecule has 0 aromatic heterocycles. The Morgan fingerprint density at radius 2 is 2.12 bits per heavy atom. The van der Waals surface area contributed by atoms with Crippen LogP contribution >= 0.6 is 23.4 Å². The van der Waals surface area contributed by atoms with Crippen molar-refractivity contribution in [2.45, 2.75) is 37.6 Å². The highest BCUT2D eigenvalue weighted by atomic mass is 35.5. The van der Waals surface area contributed by atoms with Crippen LogP contribution in [0.3, 0.4) is 0 Å². The summed E-state index contributed by atoms with van der Waals surface area (Å²) in [4.78, 5) is 1.32. The van der Waals surface area contributed by atoms with E-state index in [-0.39, 0.29) is 0 Å². The molecule has 1 aromatic carbocycles. The molecule has 0 atom stereocenters. The molecular weight excluding hydrogens is 238 g/mol. The van der Waals surface area contributed by atoms with Crippen molar-refractivity contribution in [1.29, 1.82) is 0 Å². The van der Waals surface area contributed by atoms with Crippen molar-refractivity contribution in [3.05, 3.63) is 28.8 Å². The molecule has 0 fully saturated rings. The van der Waals surface area contributed by atoms with Crippen molar-refractivity contribution in [3.8, 4) is 0 Å². The molecule has 90 valence electrons. The van der Waals surface area contributed by atoms with Gasteiger partial charge in [0.15, 0.2) is 0 Å². The lowest BCUT2D eigenvalue weighted by molar-refractivity contribution is 0.777. The van der Waals surface area contributed by atoms with Gasteiger partial charge in [0.1, 0.15) is 0 Å². The molecule has 1 nitrogen and oxygen atoms in total. The third kappa shape index (κ3) is 4.36. The number of rotatable bonds is 7. The van der Waals surface area contributed by atoms with E-state index in [0.717, 1.165) is 11.6 Å². The number of thioether (sulfide) groups is 1. The van der Waals surface area contributed by atoms with Gasteiger partial charge in [-0.15, -0.1) is 11.8 Å². The summed E-state index contributed by atoms with van der Waals surface area (Å²) in [5.41, 5.74) is 1.23. The highest BCUT2D eigenvalue weighted by molar-refractivity contribution is 7.99. The zero-order chi connectivity index (χ0) is 11.8. The van der Waals surface area contributed by atoms with Gasteiger partial charge in [0.05, 0.1) is 0 Å². The lowest BCUT2D eigenvalue weighted by Crippen LogP contribution is -2.06. The van der Waals surface area contributed by atoms with Crippen LogP contribution in [0.2, 0.25) is 5.02 Å². The summed E-state index contributed by atoms with van der Waals surface area (Å²) in [7, 11) is 1.95. The van der Waals surface area contributed by atoms with E-state index < -0.39 is 0 Å². The van der Waals surface area contributed by atoms with Crippen molar-refractivity contribution in [2.75, 3.05) is 12.8 Å². The van der Waals surface area contributed by atoms with E-state index in [0.29, 0.717) is 0 Å². The van der Waals surface area contributed by atoms with Crippen LogP contribution in [0.5, 0.6) is 0 Å². The van der Waals surface area contributed by atoms with Crippen molar-refractivity contribution in [2.24, 2.45) is 0 Å². The molecule has 0 saturated heterocycles. The Balaban J connectivity index is 2.59. The third-order valence-electron chi connectivity index (χ3n) is 2.43. The van der Waals surface area contributed by atoms with Gasteiger partial charge >= 0.3 is 0 Å². The third-order valence-corrected chi connectivity index (χ3v) is 3.98. The Hall–Kier alpha value is -0.180. The van der Waals surface area contributed by atoms with Gasteiger partial charge < -0.3 is 5.32 Å². The largest absolute Gasteiger partial charge is 0.316 e. The molecule has 0 aliphatic carbocycles. The molecule has 0 unspecified atom stereocenters. The van der Waals surface area contributed by atoms with E-state index in [2.05, 4.69) is 18.3 Å². The summed E-state index contributed by atoms with van der Waals surface area (Å²) in [5, 5.41) is 4.04. The van der Waals surface area contributed by atoms with E-state index in [1.165, 1.54) is 35.5 Å². The summed E-state index contributed by atoms with van der Waals surface area (Å²) in [6, 6.07) is 6.16. The van der Waals surface area contributed by atoms with Gasteiger partial charge in [0, 0.05) is 16.5 Å². The van der Waals surface area contributed by atoms with Gasteiger partial charge in [-0.05, 0) is 36.9 Å². The van der Waals surface area contributed by atoms with Gasteiger partial charge in [-0.3, -0.25) is 0 Å². The van der Waals surface area contributed by atoms with Crippen LogP contribution in [-0.2, 0) is 6.54 Å². The van der Waals surface area contributed by atoms with E-state index in [1.807, 2.05) is 30.9 Å². The lowest BCUT2D eigenvalue weighted by Gasteiger charge is -2.10. The van der Waals surface area contributed by atoms with Crippen molar-refractivity contribution < 1.29 is 0 Å². The summed E-state index contributed by atoms with van der Waals surface area (Å²) in [5.74, 6) is 1.19. The van der Waals surface area contributed by atoms with Crippen LogP contribution in [0.4, 0.5) is 0 Å². The molecule has 1 N–H and O–H groups in total. The predicted molar refractivity (Wildman–Crippen MR) is 74.5 cm³/mol. The van der Waals surface area contributed by atoms with E-state index in [4.69, 9.17) is 11.6 Å². The van der Waals surface area contributed by atoms with E-state index in [9.17, 15) is 0 Å².